The molecule has 164 valence electrons. The minimum absolute atomic E-state index is 0.0247. The maximum atomic E-state index is 12.6. The fraction of sp³-hybridized carbons (Fsp3) is 0.250. The van der Waals surface area contributed by atoms with Gasteiger partial charge in [0, 0.05) is 49.5 Å². The Morgan fingerprint density at radius 2 is 1.78 bits per heavy atom. The molecule has 1 fully saturated rings. The number of aromatic nitrogens is 2. The number of nitrogens with one attached hydrogen (secondary N) is 2. The van der Waals surface area contributed by atoms with Gasteiger partial charge in [0.15, 0.2) is 0 Å². The third-order valence-electron chi connectivity index (χ3n) is 5.32. The van der Waals surface area contributed by atoms with Crippen LogP contribution in [-0.2, 0) is 6.54 Å². The van der Waals surface area contributed by atoms with Crippen molar-refractivity contribution in [3.8, 4) is 0 Å². The quantitative estimate of drug-likeness (QED) is 0.573. The van der Waals surface area contributed by atoms with Crippen LogP contribution in [0.2, 0.25) is 5.02 Å². The van der Waals surface area contributed by atoms with Gasteiger partial charge >= 0.3 is 0 Å². The highest BCUT2D eigenvalue weighted by atomic mass is 35.5. The summed E-state index contributed by atoms with van der Waals surface area (Å²) in [5.41, 5.74) is 2.68. The molecule has 1 aliphatic rings. The second kappa shape index (κ2) is 10.2. The average Bonchev–Trinajstić information content (AvgIpc) is 2.84. The lowest BCUT2D eigenvalue weighted by Crippen LogP contribution is -2.35. The zero-order chi connectivity index (χ0) is 22.3. The number of hydrogen-bond donors (Lipinski definition) is 2. The molecular weight excluding hydrogens is 426 g/mol. The largest absolute Gasteiger partial charge is 0.365 e. The molecule has 8 heteroatoms. The molecule has 0 radical (unpaired) electrons. The van der Waals surface area contributed by atoms with Crippen LogP contribution >= 0.6 is 11.6 Å². The summed E-state index contributed by atoms with van der Waals surface area (Å²) < 4.78 is 0. The van der Waals surface area contributed by atoms with E-state index >= 15 is 0 Å². The molecule has 0 atom stereocenters. The molecule has 32 heavy (non-hydrogen) atoms. The van der Waals surface area contributed by atoms with Crippen molar-refractivity contribution in [1.82, 2.24) is 14.9 Å². The Hall–Kier alpha value is -3.45. The van der Waals surface area contributed by atoms with Crippen molar-refractivity contribution in [2.75, 3.05) is 23.7 Å². The summed E-state index contributed by atoms with van der Waals surface area (Å²) in [4.78, 5) is 35.1. The summed E-state index contributed by atoms with van der Waals surface area (Å²) in [5, 5.41) is 6.48. The van der Waals surface area contributed by atoms with E-state index in [1.165, 1.54) is 6.42 Å². The highest BCUT2D eigenvalue weighted by molar-refractivity contribution is 6.33. The number of pyridine rings is 2. The van der Waals surface area contributed by atoms with Gasteiger partial charge in [0.2, 0.25) is 0 Å². The molecule has 2 aromatic heterocycles. The number of carbonyl (C=O) groups excluding carboxylic acids is 2. The van der Waals surface area contributed by atoms with E-state index < -0.39 is 0 Å². The number of nitrogens with zero attached hydrogens (tertiary/aromatic N) is 3. The van der Waals surface area contributed by atoms with Gasteiger partial charge in [-0.1, -0.05) is 23.7 Å². The first-order valence-electron chi connectivity index (χ1n) is 10.6. The van der Waals surface area contributed by atoms with Crippen LogP contribution in [0.4, 0.5) is 11.5 Å². The lowest BCUT2D eigenvalue weighted by Gasteiger charge is -2.26. The van der Waals surface area contributed by atoms with Crippen LogP contribution in [0, 0.1) is 0 Å². The zero-order valence-corrected chi connectivity index (χ0v) is 18.3. The smallest absolute Gasteiger partial charge is 0.255 e. The first-order valence-corrected chi connectivity index (χ1v) is 11.0. The van der Waals surface area contributed by atoms with E-state index in [-0.39, 0.29) is 11.8 Å². The van der Waals surface area contributed by atoms with Crippen molar-refractivity contribution in [1.29, 1.82) is 0 Å². The van der Waals surface area contributed by atoms with Gasteiger partial charge < -0.3 is 15.5 Å². The van der Waals surface area contributed by atoms with Gasteiger partial charge in [-0.15, -0.1) is 0 Å². The molecule has 1 aliphatic heterocycles. The molecule has 2 N–H and O–H groups in total. The third kappa shape index (κ3) is 5.42. The standard InChI is InChI=1S/C24H24ClN5O2/c25-21-14-19(24(32)30-11-2-1-3-12-30)16-28-22(21)27-15-17-5-4-6-20(13-17)29-23(31)18-7-9-26-10-8-18/h4-10,13-14,16H,1-3,11-12,15H2,(H,27,28)(H,29,31). The van der Waals surface area contributed by atoms with Gasteiger partial charge in [-0.3, -0.25) is 14.6 Å². The highest BCUT2D eigenvalue weighted by Gasteiger charge is 2.19. The molecule has 3 heterocycles. The Morgan fingerprint density at radius 3 is 2.53 bits per heavy atom. The minimum Gasteiger partial charge on any atom is -0.365 e. The number of rotatable bonds is 6. The third-order valence-corrected chi connectivity index (χ3v) is 5.61. The van der Waals surface area contributed by atoms with Gasteiger partial charge in [-0.05, 0) is 55.2 Å². The van der Waals surface area contributed by atoms with Crippen molar-refractivity contribution < 1.29 is 9.59 Å². The Balaban J connectivity index is 1.37. The number of halogens is 1. The molecule has 2 amide bonds. The lowest BCUT2D eigenvalue weighted by atomic mass is 10.1. The molecule has 0 saturated carbocycles. The predicted molar refractivity (Wildman–Crippen MR) is 125 cm³/mol. The van der Waals surface area contributed by atoms with Crippen molar-refractivity contribution in [3.05, 3.63) is 82.8 Å². The number of likely N-dealkylation sites (tertiary alicyclic amines) is 1. The van der Waals surface area contributed by atoms with Crippen molar-refractivity contribution in [2.24, 2.45) is 0 Å². The van der Waals surface area contributed by atoms with Crippen LogP contribution in [-0.4, -0.2) is 39.8 Å². The molecule has 7 nitrogen and oxygen atoms in total. The summed E-state index contributed by atoms with van der Waals surface area (Å²) in [6.45, 7) is 2.03. The van der Waals surface area contributed by atoms with Gasteiger partial charge in [0.05, 0.1) is 10.6 Å². The molecule has 0 aliphatic carbocycles. The Kier molecular flexibility index (Phi) is 6.97. The molecule has 0 unspecified atom stereocenters. The SMILES string of the molecule is O=C(Nc1cccc(CNc2ncc(C(=O)N3CCCCC3)cc2Cl)c1)c1ccncc1. The van der Waals surface area contributed by atoms with Crippen LogP contribution in [0.1, 0.15) is 45.5 Å². The van der Waals surface area contributed by atoms with Crippen molar-refractivity contribution in [2.45, 2.75) is 25.8 Å². The number of piperidine rings is 1. The van der Waals surface area contributed by atoms with E-state index in [0.717, 1.165) is 31.5 Å². The lowest BCUT2D eigenvalue weighted by molar-refractivity contribution is 0.0724. The number of carbonyl (C=O) groups is 2. The minimum atomic E-state index is -0.198. The van der Waals surface area contributed by atoms with Crippen LogP contribution in [0.15, 0.2) is 61.1 Å². The Labute approximate surface area is 191 Å². The Bertz CT molecular complexity index is 1100. The van der Waals surface area contributed by atoms with Crippen LogP contribution in [0.3, 0.4) is 0 Å². The maximum absolute atomic E-state index is 12.6. The number of hydrogen-bond acceptors (Lipinski definition) is 5. The van der Waals surface area contributed by atoms with Gasteiger partial charge in [0.25, 0.3) is 11.8 Å². The van der Waals surface area contributed by atoms with Gasteiger partial charge in [-0.2, -0.15) is 0 Å². The molecule has 4 rings (SSSR count). The fourth-order valence-corrected chi connectivity index (χ4v) is 3.85. The monoisotopic (exact) mass is 449 g/mol. The first kappa shape index (κ1) is 21.8. The second-order valence-corrected chi connectivity index (χ2v) is 8.06. The fourth-order valence-electron chi connectivity index (χ4n) is 3.62. The van der Waals surface area contributed by atoms with Gasteiger partial charge in [-0.25, -0.2) is 4.98 Å². The summed E-state index contributed by atoms with van der Waals surface area (Å²) in [5.74, 6) is 0.285. The van der Waals surface area contributed by atoms with Crippen LogP contribution < -0.4 is 10.6 Å². The number of anilines is 2. The second-order valence-electron chi connectivity index (χ2n) is 7.65. The highest BCUT2D eigenvalue weighted by Crippen LogP contribution is 2.23. The van der Waals surface area contributed by atoms with E-state index in [1.807, 2.05) is 29.2 Å². The number of amides is 2. The average molecular weight is 450 g/mol. The summed E-state index contributed by atoms with van der Waals surface area (Å²) in [6.07, 6.45) is 7.97. The maximum Gasteiger partial charge on any atom is 0.255 e. The zero-order valence-electron chi connectivity index (χ0n) is 17.6. The normalized spacial score (nSPS) is 13.5. The predicted octanol–water partition coefficient (Wildman–Crippen LogP) is 4.62. The summed E-state index contributed by atoms with van der Waals surface area (Å²) in [7, 11) is 0. The topological polar surface area (TPSA) is 87.2 Å². The van der Waals surface area contributed by atoms with E-state index in [2.05, 4.69) is 20.6 Å². The van der Waals surface area contributed by atoms with Crippen LogP contribution in [0.25, 0.3) is 0 Å². The molecule has 0 bridgehead atoms. The van der Waals surface area contributed by atoms with E-state index in [9.17, 15) is 9.59 Å². The molecule has 1 saturated heterocycles. The Morgan fingerprint density at radius 1 is 1.00 bits per heavy atom. The molecule has 1 aromatic carbocycles. The van der Waals surface area contributed by atoms with E-state index in [4.69, 9.17) is 11.6 Å². The summed E-state index contributed by atoms with van der Waals surface area (Å²) >= 11 is 6.39. The van der Waals surface area contributed by atoms with E-state index in [0.29, 0.717) is 34.2 Å². The molecule has 0 spiro atoms. The van der Waals surface area contributed by atoms with Crippen molar-refractivity contribution in [3.63, 3.8) is 0 Å². The first-order chi connectivity index (χ1) is 15.6. The van der Waals surface area contributed by atoms with E-state index in [1.54, 1.807) is 36.8 Å². The van der Waals surface area contributed by atoms with Gasteiger partial charge in [0.1, 0.15) is 5.82 Å². The van der Waals surface area contributed by atoms with Crippen LogP contribution in [0.5, 0.6) is 0 Å². The van der Waals surface area contributed by atoms with Crippen molar-refractivity contribution >= 4 is 34.9 Å². The molecular formula is C24H24ClN5O2. The summed E-state index contributed by atoms with van der Waals surface area (Å²) in [6, 6.07) is 12.5. The number of benzene rings is 1. The molecule has 3 aromatic rings.